The summed E-state index contributed by atoms with van der Waals surface area (Å²) < 4.78 is 14.2. The number of phenols is 1. The topological polar surface area (TPSA) is 51.1 Å². The standard InChI is InChI=1S/C20H20ClFN4O/c21-12-5-6-19(27)15(7-12)17-9-20(24-23-17)26-11-13-8-14(26)10-25(13)18-4-2-1-3-16(18)22/h1-7,13-14,20,24,27H,8-11H2/t13-,14-,20?/m1/s1. The summed E-state index contributed by atoms with van der Waals surface area (Å²) in [4.78, 5) is 4.61. The first-order chi connectivity index (χ1) is 13.1. The van der Waals surface area contributed by atoms with E-state index in [9.17, 15) is 9.50 Å². The largest absolute Gasteiger partial charge is 0.507 e. The molecule has 2 bridgehead atoms. The zero-order chi connectivity index (χ0) is 18.5. The third-order valence-electron chi connectivity index (χ3n) is 5.85. The van der Waals surface area contributed by atoms with Crippen molar-refractivity contribution in [2.75, 3.05) is 18.0 Å². The number of halogens is 2. The fourth-order valence-corrected chi connectivity index (χ4v) is 4.76. The highest BCUT2D eigenvalue weighted by molar-refractivity contribution is 6.31. The Kier molecular flexibility index (Phi) is 3.98. The smallest absolute Gasteiger partial charge is 0.146 e. The Balaban J connectivity index is 1.28. The van der Waals surface area contributed by atoms with Crippen LogP contribution in [0.5, 0.6) is 5.75 Å². The summed E-state index contributed by atoms with van der Waals surface area (Å²) in [5.74, 6) is 0.0342. The van der Waals surface area contributed by atoms with Crippen LogP contribution in [0.4, 0.5) is 10.1 Å². The lowest BCUT2D eigenvalue weighted by molar-refractivity contribution is 0.153. The average molecular weight is 387 g/mol. The zero-order valence-corrected chi connectivity index (χ0v) is 15.4. The van der Waals surface area contributed by atoms with E-state index < -0.39 is 0 Å². The number of nitrogens with one attached hydrogen (secondary N) is 1. The van der Waals surface area contributed by atoms with Crippen molar-refractivity contribution in [3.8, 4) is 5.75 Å². The van der Waals surface area contributed by atoms with Crippen LogP contribution in [0.2, 0.25) is 5.02 Å². The van der Waals surface area contributed by atoms with Gasteiger partial charge in [-0.25, -0.2) is 4.39 Å². The predicted octanol–water partition coefficient (Wildman–Crippen LogP) is 3.17. The Labute approximate surface area is 162 Å². The van der Waals surface area contributed by atoms with Crippen molar-refractivity contribution < 1.29 is 9.50 Å². The summed E-state index contributed by atoms with van der Waals surface area (Å²) in [5.41, 5.74) is 5.40. The van der Waals surface area contributed by atoms with Gasteiger partial charge >= 0.3 is 0 Å². The summed E-state index contributed by atoms with van der Waals surface area (Å²) in [5, 5.41) is 15.1. The van der Waals surface area contributed by atoms with Gasteiger partial charge in [0.25, 0.3) is 0 Å². The van der Waals surface area contributed by atoms with E-state index in [4.69, 9.17) is 11.6 Å². The molecule has 27 heavy (non-hydrogen) atoms. The molecule has 2 fully saturated rings. The highest BCUT2D eigenvalue weighted by atomic mass is 35.5. The van der Waals surface area contributed by atoms with Crippen LogP contribution in [0.3, 0.4) is 0 Å². The van der Waals surface area contributed by atoms with Gasteiger partial charge in [-0.1, -0.05) is 23.7 Å². The van der Waals surface area contributed by atoms with E-state index >= 15 is 0 Å². The third-order valence-corrected chi connectivity index (χ3v) is 6.08. The maximum absolute atomic E-state index is 14.2. The molecular formula is C20H20ClFN4O. The highest BCUT2D eigenvalue weighted by Crippen LogP contribution is 2.37. The minimum atomic E-state index is -0.155. The van der Waals surface area contributed by atoms with E-state index in [1.807, 2.05) is 12.1 Å². The van der Waals surface area contributed by atoms with Gasteiger partial charge in [0.05, 0.1) is 11.4 Å². The van der Waals surface area contributed by atoms with Gasteiger partial charge in [0.1, 0.15) is 17.7 Å². The number of anilines is 1. The van der Waals surface area contributed by atoms with Gasteiger partial charge in [0, 0.05) is 42.2 Å². The monoisotopic (exact) mass is 386 g/mol. The van der Waals surface area contributed by atoms with Crippen LogP contribution in [-0.4, -0.2) is 47.1 Å². The molecule has 3 heterocycles. The Bertz CT molecular complexity index is 921. The van der Waals surface area contributed by atoms with Crippen LogP contribution in [0.15, 0.2) is 47.6 Å². The summed E-state index contributed by atoms with van der Waals surface area (Å²) in [6.45, 7) is 1.70. The van der Waals surface area contributed by atoms with Gasteiger partial charge in [-0.15, -0.1) is 0 Å². The van der Waals surface area contributed by atoms with Gasteiger partial charge in [-0.2, -0.15) is 5.10 Å². The molecule has 5 rings (SSSR count). The van der Waals surface area contributed by atoms with Crippen molar-refractivity contribution in [1.29, 1.82) is 0 Å². The van der Waals surface area contributed by atoms with Crippen molar-refractivity contribution in [3.05, 3.63) is 58.9 Å². The van der Waals surface area contributed by atoms with E-state index in [0.29, 0.717) is 34.8 Å². The summed E-state index contributed by atoms with van der Waals surface area (Å²) in [7, 11) is 0. The second kappa shape index (κ2) is 6.39. The van der Waals surface area contributed by atoms with Gasteiger partial charge in [-0.05, 0) is 36.8 Å². The Morgan fingerprint density at radius 2 is 2.00 bits per heavy atom. The normalized spacial score (nSPS) is 27.1. The molecule has 0 aromatic heterocycles. The van der Waals surface area contributed by atoms with Crippen LogP contribution >= 0.6 is 11.6 Å². The van der Waals surface area contributed by atoms with Crippen molar-refractivity contribution in [2.45, 2.75) is 31.1 Å². The zero-order valence-electron chi connectivity index (χ0n) is 14.6. The highest BCUT2D eigenvalue weighted by Gasteiger charge is 2.47. The minimum absolute atomic E-state index is 0.0937. The number of hydrogen-bond donors (Lipinski definition) is 2. The lowest BCUT2D eigenvalue weighted by Crippen LogP contribution is -2.53. The summed E-state index contributed by atoms with van der Waals surface area (Å²) in [6.07, 6.45) is 1.83. The number of phenolic OH excluding ortho intramolecular Hbond substituents is 1. The molecule has 0 spiro atoms. The van der Waals surface area contributed by atoms with Crippen LogP contribution in [0.1, 0.15) is 18.4 Å². The molecule has 3 aliphatic heterocycles. The van der Waals surface area contributed by atoms with E-state index in [1.165, 1.54) is 6.07 Å². The molecule has 0 saturated carbocycles. The number of nitrogens with zero attached hydrogens (tertiary/aromatic N) is 3. The molecule has 7 heteroatoms. The number of hydrazone groups is 1. The molecule has 2 aromatic carbocycles. The Morgan fingerprint density at radius 1 is 1.15 bits per heavy atom. The summed E-state index contributed by atoms with van der Waals surface area (Å²) >= 11 is 6.06. The van der Waals surface area contributed by atoms with Crippen molar-refractivity contribution in [2.24, 2.45) is 5.10 Å². The molecule has 0 amide bonds. The van der Waals surface area contributed by atoms with E-state index in [-0.39, 0.29) is 17.7 Å². The van der Waals surface area contributed by atoms with E-state index in [2.05, 4.69) is 20.3 Å². The van der Waals surface area contributed by atoms with Crippen LogP contribution in [-0.2, 0) is 0 Å². The van der Waals surface area contributed by atoms with Crippen LogP contribution in [0.25, 0.3) is 0 Å². The Hall–Kier alpha value is -2.31. The molecule has 140 valence electrons. The van der Waals surface area contributed by atoms with Gasteiger partial charge in [0.2, 0.25) is 0 Å². The first-order valence-corrected chi connectivity index (χ1v) is 9.56. The minimum Gasteiger partial charge on any atom is -0.507 e. The first kappa shape index (κ1) is 16.8. The number of hydrogen-bond acceptors (Lipinski definition) is 5. The van der Waals surface area contributed by atoms with Gasteiger partial charge in [-0.3, -0.25) is 10.3 Å². The maximum Gasteiger partial charge on any atom is 0.146 e. The number of para-hydroxylation sites is 1. The van der Waals surface area contributed by atoms with Crippen molar-refractivity contribution in [3.63, 3.8) is 0 Å². The fraction of sp³-hybridized carbons (Fsp3) is 0.350. The molecule has 5 nitrogen and oxygen atoms in total. The van der Waals surface area contributed by atoms with E-state index in [0.717, 1.165) is 25.2 Å². The van der Waals surface area contributed by atoms with Gasteiger partial charge in [0.15, 0.2) is 0 Å². The first-order valence-electron chi connectivity index (χ1n) is 9.18. The number of likely N-dealkylation sites (tertiary alicyclic amines) is 1. The lowest BCUT2D eigenvalue weighted by atomic mass is 10.0. The number of rotatable bonds is 3. The van der Waals surface area contributed by atoms with Crippen molar-refractivity contribution >= 4 is 23.0 Å². The fourth-order valence-electron chi connectivity index (χ4n) is 4.59. The maximum atomic E-state index is 14.2. The van der Waals surface area contributed by atoms with Gasteiger partial charge < -0.3 is 10.0 Å². The average Bonchev–Trinajstić information content (AvgIpc) is 3.39. The molecular weight excluding hydrogens is 367 g/mol. The third kappa shape index (κ3) is 2.84. The Morgan fingerprint density at radius 3 is 2.78 bits per heavy atom. The molecule has 0 radical (unpaired) electrons. The molecule has 1 unspecified atom stereocenters. The molecule has 2 N–H and O–H groups in total. The number of piperazine rings is 1. The second-order valence-corrected chi connectivity index (χ2v) is 7.85. The number of fused-ring (bicyclic) bond motifs is 2. The SMILES string of the molecule is Oc1ccc(Cl)cc1C1=NNC(N2C[C@H]3C[C@@H]2CN3c2ccccc2F)C1. The quantitative estimate of drug-likeness (QED) is 0.850. The molecule has 3 aliphatic rings. The lowest BCUT2D eigenvalue weighted by Gasteiger charge is -2.38. The molecule has 2 saturated heterocycles. The molecule has 2 aromatic rings. The summed E-state index contributed by atoms with van der Waals surface area (Å²) in [6, 6.07) is 12.7. The van der Waals surface area contributed by atoms with Crippen LogP contribution < -0.4 is 10.3 Å². The molecule has 0 aliphatic carbocycles. The molecule has 3 atom stereocenters. The number of benzene rings is 2. The van der Waals surface area contributed by atoms with Crippen molar-refractivity contribution in [1.82, 2.24) is 10.3 Å². The van der Waals surface area contributed by atoms with E-state index in [1.54, 1.807) is 24.3 Å². The van der Waals surface area contributed by atoms with Crippen LogP contribution in [0, 0.1) is 5.82 Å². The second-order valence-electron chi connectivity index (χ2n) is 7.41. The number of aromatic hydroxyl groups is 1. The predicted molar refractivity (Wildman–Crippen MR) is 104 cm³/mol.